The molecular weight excluding hydrogens is 287 g/mol. The highest BCUT2D eigenvalue weighted by molar-refractivity contribution is 6.55. The van der Waals surface area contributed by atoms with Gasteiger partial charge in [0.25, 0.3) is 0 Å². The van der Waals surface area contributed by atoms with Crippen LogP contribution in [0, 0.1) is 0 Å². The van der Waals surface area contributed by atoms with Crippen LogP contribution >= 0.6 is 0 Å². The molecule has 1 saturated heterocycles. The van der Waals surface area contributed by atoms with Crippen LogP contribution in [0.4, 0.5) is 0 Å². The lowest BCUT2D eigenvalue weighted by molar-refractivity contribution is 0.00578. The zero-order valence-electron chi connectivity index (χ0n) is 13.5. The van der Waals surface area contributed by atoms with Crippen molar-refractivity contribution in [3.63, 3.8) is 0 Å². The molecule has 0 spiro atoms. The van der Waals surface area contributed by atoms with E-state index in [-0.39, 0.29) is 12.4 Å². The lowest BCUT2D eigenvalue weighted by Gasteiger charge is -2.32. The smallest absolute Gasteiger partial charge is 0.463 e. The highest BCUT2D eigenvalue weighted by Gasteiger charge is 2.52. The zero-order valence-corrected chi connectivity index (χ0v) is 13.5. The van der Waals surface area contributed by atoms with Crippen molar-refractivity contribution in [1.82, 2.24) is 0 Å². The fourth-order valence-corrected chi connectivity index (χ4v) is 2.01. The summed E-state index contributed by atoms with van der Waals surface area (Å²) < 4.78 is 21.7. The van der Waals surface area contributed by atoms with E-state index < -0.39 is 24.3 Å². The summed E-state index contributed by atoms with van der Waals surface area (Å²) in [6, 6.07) is 3.13. The highest BCUT2D eigenvalue weighted by Crippen LogP contribution is 2.38. The molecule has 0 atom stereocenters. The number of carbonyl (C=O) groups excluding carboxylic acids is 1. The first kappa shape index (κ1) is 16.8. The summed E-state index contributed by atoms with van der Waals surface area (Å²) in [5, 5.41) is 9.59. The van der Waals surface area contributed by atoms with Gasteiger partial charge in [0, 0.05) is 0 Å². The molecule has 2 rings (SSSR count). The number of methoxy groups -OCH3 is 1. The maximum absolute atomic E-state index is 11.4. The summed E-state index contributed by atoms with van der Waals surface area (Å²) in [5.74, 6) is -0.0417. The summed E-state index contributed by atoms with van der Waals surface area (Å²) in [6.45, 7) is 7.49. The van der Waals surface area contributed by atoms with Gasteiger partial charge in [-0.05, 0) is 51.4 Å². The Balaban J connectivity index is 2.22. The fourth-order valence-electron chi connectivity index (χ4n) is 2.01. The van der Waals surface area contributed by atoms with Gasteiger partial charge >= 0.3 is 13.1 Å². The minimum Gasteiger partial charge on any atom is -0.463 e. The predicted molar refractivity (Wildman–Crippen MR) is 81.2 cm³/mol. The van der Waals surface area contributed by atoms with Gasteiger partial charge in [0.15, 0.2) is 0 Å². The minimum atomic E-state index is -0.665. The second-order valence-corrected chi connectivity index (χ2v) is 6.16. The first-order chi connectivity index (χ1) is 10.2. The maximum Gasteiger partial charge on any atom is 0.493 e. The molecule has 2 heterocycles. The molecule has 0 bridgehead atoms. The molecule has 0 aliphatic carbocycles. The van der Waals surface area contributed by atoms with Gasteiger partial charge in [-0.2, -0.15) is 0 Å². The third kappa shape index (κ3) is 3.11. The zero-order chi connectivity index (χ0) is 16.5. The van der Waals surface area contributed by atoms with Crippen molar-refractivity contribution in [2.24, 2.45) is 0 Å². The number of carbonyl (C=O) groups is 1. The van der Waals surface area contributed by atoms with Crippen LogP contribution < -0.4 is 0 Å². The summed E-state index contributed by atoms with van der Waals surface area (Å²) >= 11 is 0. The molecule has 1 fully saturated rings. The van der Waals surface area contributed by atoms with Crippen LogP contribution in [0.3, 0.4) is 0 Å². The fraction of sp³-hybridized carbons (Fsp3) is 0.533. The van der Waals surface area contributed by atoms with Crippen molar-refractivity contribution < 1.29 is 28.4 Å². The van der Waals surface area contributed by atoms with Gasteiger partial charge in [-0.25, -0.2) is 4.79 Å². The lowest BCUT2D eigenvalue weighted by Crippen LogP contribution is -2.41. The summed E-state index contributed by atoms with van der Waals surface area (Å²) in [4.78, 5) is 11.4. The van der Waals surface area contributed by atoms with Crippen molar-refractivity contribution in [3.8, 4) is 0 Å². The van der Waals surface area contributed by atoms with E-state index >= 15 is 0 Å². The van der Waals surface area contributed by atoms with E-state index in [9.17, 15) is 9.90 Å². The van der Waals surface area contributed by atoms with E-state index in [0.717, 1.165) is 0 Å². The normalized spacial score (nSPS) is 20.3. The number of hydrogen-bond acceptors (Lipinski definition) is 6. The third-order valence-electron chi connectivity index (χ3n) is 4.08. The third-order valence-corrected chi connectivity index (χ3v) is 4.08. The van der Waals surface area contributed by atoms with Gasteiger partial charge in [-0.15, -0.1) is 0 Å². The van der Waals surface area contributed by atoms with Crippen LogP contribution in [-0.4, -0.2) is 43.1 Å². The van der Waals surface area contributed by atoms with Crippen molar-refractivity contribution in [3.05, 3.63) is 29.1 Å². The molecule has 0 radical (unpaired) electrons. The summed E-state index contributed by atoms with van der Waals surface area (Å²) in [5.41, 5.74) is -0.470. The van der Waals surface area contributed by atoms with E-state index in [0.29, 0.717) is 11.2 Å². The Bertz CT molecular complexity index is 571. The Labute approximate surface area is 130 Å². The monoisotopic (exact) mass is 308 g/mol. The second kappa shape index (κ2) is 5.91. The van der Waals surface area contributed by atoms with Gasteiger partial charge in [0.2, 0.25) is 5.76 Å². The molecule has 6 nitrogen and oxygen atoms in total. The number of esters is 1. The van der Waals surface area contributed by atoms with E-state index in [4.69, 9.17) is 13.7 Å². The molecular formula is C15H21BO6. The Morgan fingerprint density at radius 3 is 2.36 bits per heavy atom. The molecule has 1 aliphatic heterocycles. The van der Waals surface area contributed by atoms with Gasteiger partial charge in [-0.3, -0.25) is 0 Å². The average molecular weight is 308 g/mol. The molecule has 1 aliphatic rings. The minimum absolute atomic E-state index is 0.0972. The van der Waals surface area contributed by atoms with Crippen LogP contribution in [0.25, 0.3) is 6.08 Å². The number of aliphatic hydroxyl groups is 1. The Morgan fingerprint density at radius 2 is 1.86 bits per heavy atom. The number of rotatable bonds is 4. The number of hydrogen-bond donors (Lipinski definition) is 1. The molecule has 1 aromatic heterocycles. The van der Waals surface area contributed by atoms with Crippen LogP contribution in [0.1, 0.15) is 44.0 Å². The quantitative estimate of drug-likeness (QED) is 0.678. The molecule has 0 amide bonds. The van der Waals surface area contributed by atoms with E-state index in [1.165, 1.54) is 13.2 Å². The molecule has 0 saturated carbocycles. The van der Waals surface area contributed by atoms with Crippen molar-refractivity contribution in [1.29, 1.82) is 0 Å². The van der Waals surface area contributed by atoms with Crippen molar-refractivity contribution >= 4 is 19.2 Å². The van der Waals surface area contributed by atoms with Gasteiger partial charge in [-0.1, -0.05) is 0 Å². The highest BCUT2D eigenvalue weighted by atomic mass is 16.7. The van der Waals surface area contributed by atoms with Gasteiger partial charge in [0.1, 0.15) is 5.76 Å². The summed E-state index contributed by atoms with van der Waals surface area (Å²) in [6.07, 6.45) is 1.61. The van der Waals surface area contributed by atoms with Gasteiger partial charge < -0.3 is 23.6 Å². The molecule has 1 aromatic rings. The first-order valence-corrected chi connectivity index (χ1v) is 7.05. The van der Waals surface area contributed by atoms with Crippen LogP contribution in [-0.2, 0) is 14.0 Å². The number of ether oxygens (including phenoxy) is 1. The Hall–Kier alpha value is -1.57. The Morgan fingerprint density at radius 1 is 1.27 bits per heavy atom. The van der Waals surface area contributed by atoms with Crippen LogP contribution in [0.2, 0.25) is 0 Å². The second-order valence-electron chi connectivity index (χ2n) is 6.16. The van der Waals surface area contributed by atoms with Crippen molar-refractivity contribution in [2.45, 2.75) is 38.9 Å². The largest absolute Gasteiger partial charge is 0.493 e. The molecule has 120 valence electrons. The lowest BCUT2D eigenvalue weighted by atomic mass is 9.78. The van der Waals surface area contributed by atoms with E-state index in [1.54, 1.807) is 12.1 Å². The number of aliphatic hydroxyl groups excluding tert-OH is 1. The standard InChI is InChI=1S/C15H21BO6/c1-14(2)15(3,4)22-16(21-14)10(9-17)8-11-6-7-12(20-11)13(18)19-5/h6-8,17H,9H2,1-5H3. The average Bonchev–Trinajstić information content (AvgIpc) is 2.98. The summed E-state index contributed by atoms with van der Waals surface area (Å²) in [7, 11) is 0.617. The van der Waals surface area contributed by atoms with E-state index in [1.807, 2.05) is 27.7 Å². The van der Waals surface area contributed by atoms with Gasteiger partial charge in [0.05, 0.1) is 24.9 Å². The van der Waals surface area contributed by atoms with E-state index in [2.05, 4.69) is 4.74 Å². The molecule has 1 N–H and O–H groups in total. The van der Waals surface area contributed by atoms with Crippen LogP contribution in [0.15, 0.2) is 22.0 Å². The Kier molecular flexibility index (Phi) is 4.51. The molecule has 0 unspecified atom stereocenters. The SMILES string of the molecule is COC(=O)c1ccc(C=C(CO)B2OC(C)(C)C(C)(C)O2)o1. The van der Waals surface area contributed by atoms with Crippen LogP contribution in [0.5, 0.6) is 0 Å². The number of furan rings is 1. The molecule has 0 aromatic carbocycles. The molecule has 7 heteroatoms. The molecule has 22 heavy (non-hydrogen) atoms. The van der Waals surface area contributed by atoms with Crippen molar-refractivity contribution in [2.75, 3.05) is 13.7 Å². The predicted octanol–water partition coefficient (Wildman–Crippen LogP) is 2.07. The topological polar surface area (TPSA) is 78.1 Å². The first-order valence-electron chi connectivity index (χ1n) is 7.05. The maximum atomic E-state index is 11.4.